The average molecular weight is 321 g/mol. The van der Waals surface area contributed by atoms with Crippen LogP contribution in [0.1, 0.15) is 25.0 Å². The van der Waals surface area contributed by atoms with Crippen molar-refractivity contribution in [2.45, 2.75) is 13.8 Å². The van der Waals surface area contributed by atoms with Gasteiger partial charge in [-0.25, -0.2) is 0 Å². The molecule has 23 heavy (non-hydrogen) atoms. The first-order valence-corrected chi connectivity index (χ1v) is 8.56. The summed E-state index contributed by atoms with van der Waals surface area (Å²) in [7, 11) is 0. The summed E-state index contributed by atoms with van der Waals surface area (Å²) >= 11 is -0.659. The Morgan fingerprint density at radius 3 is 1.65 bits per heavy atom. The van der Waals surface area contributed by atoms with E-state index in [2.05, 4.69) is 9.98 Å². The van der Waals surface area contributed by atoms with Crippen LogP contribution < -0.4 is 7.58 Å². The predicted molar refractivity (Wildman–Crippen MR) is 94.1 cm³/mol. The number of hydrogen-bond acceptors (Lipinski definition) is 4. The maximum absolute atomic E-state index is 5.90. The summed E-state index contributed by atoms with van der Waals surface area (Å²) in [4.78, 5) is 9.24. The molecule has 0 unspecified atom stereocenters. The molecule has 5 heteroatoms. The van der Waals surface area contributed by atoms with Gasteiger partial charge in [-0.05, 0) is 0 Å². The van der Waals surface area contributed by atoms with E-state index in [1.807, 2.05) is 62.4 Å². The van der Waals surface area contributed by atoms with E-state index in [0.29, 0.717) is 13.1 Å². The number of aliphatic imine (C=N–C) groups is 2. The fourth-order valence-corrected chi connectivity index (χ4v) is 3.14. The molecule has 0 saturated heterocycles. The fourth-order valence-electron chi connectivity index (χ4n) is 2.47. The summed E-state index contributed by atoms with van der Waals surface area (Å²) in [6, 6.07) is 15.9. The number of benzene rings is 2. The van der Waals surface area contributed by atoms with Gasteiger partial charge in [0, 0.05) is 0 Å². The summed E-state index contributed by atoms with van der Waals surface area (Å²) in [6.45, 7) is 5.33. The SMILES string of the molecule is CC1=NCCN=C(C)c2ccccc2[O][Al+][O]c2ccccc21. The molecule has 0 N–H and O–H groups in total. The van der Waals surface area contributed by atoms with Crippen LogP contribution in [0.5, 0.6) is 11.5 Å². The number of para-hydroxylation sites is 2. The van der Waals surface area contributed by atoms with E-state index in [4.69, 9.17) is 7.58 Å². The molecule has 2 aromatic carbocycles. The molecule has 1 aliphatic heterocycles. The Hall–Kier alpha value is -2.09. The molecule has 0 fully saturated rings. The summed E-state index contributed by atoms with van der Waals surface area (Å²) in [5.41, 5.74) is 3.95. The van der Waals surface area contributed by atoms with Gasteiger partial charge >= 0.3 is 143 Å². The van der Waals surface area contributed by atoms with Gasteiger partial charge in [-0.3, -0.25) is 0 Å². The van der Waals surface area contributed by atoms with Crippen LogP contribution in [0.15, 0.2) is 58.5 Å². The first kappa shape index (κ1) is 15.8. The topological polar surface area (TPSA) is 43.2 Å². The third kappa shape index (κ3) is 3.82. The molecule has 0 aliphatic carbocycles. The van der Waals surface area contributed by atoms with E-state index in [1.165, 1.54) is 0 Å². The molecular weight excluding hydrogens is 303 g/mol. The van der Waals surface area contributed by atoms with Crippen molar-refractivity contribution in [1.29, 1.82) is 0 Å². The Morgan fingerprint density at radius 1 is 0.739 bits per heavy atom. The molecule has 1 heterocycles. The Kier molecular flexibility index (Phi) is 5.12. The van der Waals surface area contributed by atoms with Gasteiger partial charge < -0.3 is 0 Å². The Bertz CT molecular complexity index is 693. The van der Waals surface area contributed by atoms with Crippen molar-refractivity contribution in [1.82, 2.24) is 0 Å². The van der Waals surface area contributed by atoms with Crippen LogP contribution in [-0.4, -0.2) is 40.4 Å². The van der Waals surface area contributed by atoms with Gasteiger partial charge in [0.2, 0.25) is 0 Å². The molecule has 0 spiro atoms. The zero-order valence-electron chi connectivity index (χ0n) is 13.3. The molecule has 4 nitrogen and oxygen atoms in total. The fraction of sp³-hybridized carbons (Fsp3) is 0.222. The van der Waals surface area contributed by atoms with Gasteiger partial charge in [-0.15, -0.1) is 0 Å². The molecule has 114 valence electrons. The van der Waals surface area contributed by atoms with Crippen LogP contribution in [0.4, 0.5) is 0 Å². The first-order chi connectivity index (χ1) is 11.3. The van der Waals surface area contributed by atoms with E-state index in [-0.39, 0.29) is 0 Å². The third-order valence-corrected chi connectivity index (χ3v) is 4.40. The number of rotatable bonds is 0. The second-order valence-electron chi connectivity index (χ2n) is 5.26. The van der Waals surface area contributed by atoms with E-state index in [0.717, 1.165) is 34.0 Å². The molecule has 0 amide bonds. The maximum atomic E-state index is 5.90. The summed E-state index contributed by atoms with van der Waals surface area (Å²) < 4.78 is 11.8. The first-order valence-electron chi connectivity index (χ1n) is 7.61. The second-order valence-corrected chi connectivity index (χ2v) is 5.92. The van der Waals surface area contributed by atoms with Gasteiger partial charge in [0.25, 0.3) is 0 Å². The van der Waals surface area contributed by atoms with Crippen LogP contribution in [0.3, 0.4) is 0 Å². The number of hydrogen-bond donors (Lipinski definition) is 0. The molecule has 0 radical (unpaired) electrons. The molecular formula is C18H18AlN2O2+. The van der Waals surface area contributed by atoms with Gasteiger partial charge in [0.15, 0.2) is 0 Å². The van der Waals surface area contributed by atoms with E-state index in [1.54, 1.807) is 0 Å². The zero-order chi connectivity index (χ0) is 16.1. The Balaban J connectivity index is 1.95. The quantitative estimate of drug-likeness (QED) is 0.699. The van der Waals surface area contributed by atoms with Crippen LogP contribution in [-0.2, 0) is 0 Å². The predicted octanol–water partition coefficient (Wildman–Crippen LogP) is 3.31. The summed E-state index contributed by atoms with van der Waals surface area (Å²) in [6.07, 6.45) is 0. The van der Waals surface area contributed by atoms with Crippen LogP contribution in [0.2, 0.25) is 0 Å². The molecule has 0 bridgehead atoms. The zero-order valence-corrected chi connectivity index (χ0v) is 14.5. The number of nitrogens with zero attached hydrogens (tertiary/aromatic N) is 2. The van der Waals surface area contributed by atoms with E-state index in [9.17, 15) is 0 Å². The molecule has 1 aliphatic rings. The number of fused-ring (bicyclic) bond motifs is 2. The normalized spacial score (nSPS) is 14.5. The Labute approximate surface area is 143 Å². The molecule has 2 aromatic rings. The van der Waals surface area contributed by atoms with Crippen LogP contribution in [0.25, 0.3) is 0 Å². The van der Waals surface area contributed by atoms with Crippen molar-refractivity contribution >= 4 is 27.3 Å². The van der Waals surface area contributed by atoms with Gasteiger partial charge in [0.05, 0.1) is 0 Å². The van der Waals surface area contributed by atoms with Crippen molar-refractivity contribution in [3.8, 4) is 11.5 Å². The van der Waals surface area contributed by atoms with Gasteiger partial charge in [-0.1, -0.05) is 0 Å². The van der Waals surface area contributed by atoms with Crippen molar-refractivity contribution in [2.24, 2.45) is 9.98 Å². The summed E-state index contributed by atoms with van der Waals surface area (Å²) in [5, 5.41) is 0. The van der Waals surface area contributed by atoms with Crippen LogP contribution in [0, 0.1) is 0 Å². The molecule has 0 atom stereocenters. The van der Waals surface area contributed by atoms with Gasteiger partial charge in [0.1, 0.15) is 0 Å². The minimum absolute atomic E-state index is 0.659. The summed E-state index contributed by atoms with van der Waals surface area (Å²) in [5.74, 6) is 1.64. The van der Waals surface area contributed by atoms with E-state index >= 15 is 0 Å². The van der Waals surface area contributed by atoms with Crippen LogP contribution >= 0.6 is 0 Å². The average Bonchev–Trinajstić information content (AvgIpc) is 2.59. The molecule has 3 rings (SSSR count). The van der Waals surface area contributed by atoms with Crippen molar-refractivity contribution in [2.75, 3.05) is 13.1 Å². The monoisotopic (exact) mass is 321 g/mol. The third-order valence-electron chi connectivity index (χ3n) is 3.70. The minimum atomic E-state index is -0.659. The van der Waals surface area contributed by atoms with Crippen molar-refractivity contribution < 1.29 is 7.58 Å². The molecule has 0 aromatic heterocycles. The molecule has 0 saturated carbocycles. The standard InChI is InChI=1S/C18H20N2O2.Al/c1-13(15-7-3-5-9-17(15)21)19-11-12-20-14(2)16-8-4-6-10-18(16)22;/h3-10,21-22H,11-12H2,1-2H3;/q;+3/p-2. The van der Waals surface area contributed by atoms with Gasteiger partial charge in [-0.2, -0.15) is 0 Å². The van der Waals surface area contributed by atoms with Crippen molar-refractivity contribution in [3.05, 3.63) is 59.7 Å². The van der Waals surface area contributed by atoms with E-state index < -0.39 is 15.9 Å². The Morgan fingerprint density at radius 2 is 1.17 bits per heavy atom. The van der Waals surface area contributed by atoms with Crippen molar-refractivity contribution in [3.63, 3.8) is 0 Å². The second kappa shape index (κ2) is 7.45.